The van der Waals surface area contributed by atoms with E-state index in [2.05, 4.69) is 15.5 Å². The fourth-order valence-electron chi connectivity index (χ4n) is 4.09. The predicted molar refractivity (Wildman–Crippen MR) is 130 cm³/mol. The average molecular weight is 486 g/mol. The van der Waals surface area contributed by atoms with Crippen molar-refractivity contribution in [3.63, 3.8) is 0 Å². The Balaban J connectivity index is 1.80. The monoisotopic (exact) mass is 485 g/mol. The van der Waals surface area contributed by atoms with Crippen molar-refractivity contribution in [2.75, 3.05) is 6.67 Å². The highest BCUT2D eigenvalue weighted by Crippen LogP contribution is 2.35. The van der Waals surface area contributed by atoms with Crippen LogP contribution in [-0.2, 0) is 24.0 Å². The Morgan fingerprint density at radius 2 is 1.89 bits per heavy atom. The number of alkyl halides is 1. The number of benzene rings is 1. The van der Waals surface area contributed by atoms with Gasteiger partial charge in [-0.3, -0.25) is 19.4 Å². The summed E-state index contributed by atoms with van der Waals surface area (Å²) >= 11 is 0. The van der Waals surface area contributed by atoms with Gasteiger partial charge in [-0.1, -0.05) is 57.1 Å². The van der Waals surface area contributed by atoms with Gasteiger partial charge in [0.15, 0.2) is 5.78 Å². The van der Waals surface area contributed by atoms with E-state index in [4.69, 9.17) is 9.57 Å². The molecule has 0 saturated heterocycles. The van der Waals surface area contributed by atoms with Gasteiger partial charge in [-0.05, 0) is 24.3 Å². The number of fused-ring (bicyclic) bond motifs is 1. The molecule has 9 heteroatoms. The van der Waals surface area contributed by atoms with Crippen LogP contribution in [0.5, 0.6) is 0 Å². The van der Waals surface area contributed by atoms with Crippen molar-refractivity contribution in [2.45, 2.75) is 71.1 Å². The molecule has 1 aliphatic rings. The smallest absolute Gasteiger partial charge is 0.308 e. The van der Waals surface area contributed by atoms with E-state index in [1.807, 2.05) is 44.2 Å². The van der Waals surface area contributed by atoms with Crippen LogP contribution in [0.4, 0.5) is 4.39 Å². The molecule has 0 unspecified atom stereocenters. The maximum atomic E-state index is 13.4. The molecule has 2 aromatic rings. The van der Waals surface area contributed by atoms with Gasteiger partial charge in [-0.25, -0.2) is 4.39 Å². The largest absolute Gasteiger partial charge is 0.462 e. The van der Waals surface area contributed by atoms with Crippen molar-refractivity contribution in [2.24, 2.45) is 11.1 Å². The molecule has 0 radical (unpaired) electrons. The van der Waals surface area contributed by atoms with E-state index in [0.29, 0.717) is 24.2 Å². The SMILES string of the molecule is CCC(CC)OC(=O)C[C@H](NC(=O)[C@]1(C(C)C)CC(c2nccc3ccccc23)=NO1)C(=O)CF. The molecule has 0 spiro atoms. The summed E-state index contributed by atoms with van der Waals surface area (Å²) in [5, 5.41) is 8.56. The molecule has 2 heterocycles. The van der Waals surface area contributed by atoms with Crippen molar-refractivity contribution >= 4 is 34.1 Å². The van der Waals surface area contributed by atoms with E-state index in [9.17, 15) is 18.8 Å². The lowest BCUT2D eigenvalue weighted by Crippen LogP contribution is -2.56. The summed E-state index contributed by atoms with van der Waals surface area (Å²) in [5.41, 5.74) is -0.349. The summed E-state index contributed by atoms with van der Waals surface area (Å²) in [6.07, 6.45) is 2.23. The summed E-state index contributed by atoms with van der Waals surface area (Å²) < 4.78 is 18.6. The second kappa shape index (κ2) is 11.4. The first kappa shape index (κ1) is 26.2. The molecule has 1 aromatic carbocycles. The number of pyridine rings is 1. The zero-order valence-electron chi connectivity index (χ0n) is 20.5. The molecule has 8 nitrogen and oxygen atoms in total. The van der Waals surface area contributed by atoms with E-state index in [1.54, 1.807) is 20.0 Å². The van der Waals surface area contributed by atoms with Gasteiger partial charge in [0.05, 0.1) is 12.1 Å². The molecule has 1 aliphatic heterocycles. The van der Waals surface area contributed by atoms with Gasteiger partial charge in [0.25, 0.3) is 5.91 Å². The number of carbonyl (C=O) groups is 3. The molecule has 3 rings (SSSR count). The molecule has 0 fully saturated rings. The number of nitrogens with one attached hydrogen (secondary N) is 1. The van der Waals surface area contributed by atoms with Gasteiger partial charge in [0.2, 0.25) is 5.60 Å². The number of carbonyl (C=O) groups excluding carboxylic acids is 3. The van der Waals surface area contributed by atoms with Crippen LogP contribution in [-0.4, -0.2) is 52.8 Å². The Hall–Kier alpha value is -3.36. The van der Waals surface area contributed by atoms with Gasteiger partial charge in [-0.2, -0.15) is 0 Å². The number of esters is 1. The molecule has 1 amide bonds. The fraction of sp³-hybridized carbons (Fsp3) is 0.500. The first-order valence-corrected chi connectivity index (χ1v) is 11.9. The van der Waals surface area contributed by atoms with Crippen molar-refractivity contribution in [3.8, 4) is 0 Å². The lowest BCUT2D eigenvalue weighted by Gasteiger charge is -2.31. The first-order chi connectivity index (χ1) is 16.7. The van der Waals surface area contributed by atoms with Gasteiger partial charge >= 0.3 is 5.97 Å². The maximum absolute atomic E-state index is 13.4. The molecular weight excluding hydrogens is 453 g/mol. The predicted octanol–water partition coefficient (Wildman–Crippen LogP) is 3.90. The highest BCUT2D eigenvalue weighted by Gasteiger charge is 2.51. The molecule has 0 aliphatic carbocycles. The summed E-state index contributed by atoms with van der Waals surface area (Å²) in [6, 6.07) is 8.19. The summed E-state index contributed by atoms with van der Waals surface area (Å²) in [5.74, 6) is -2.58. The third kappa shape index (κ3) is 5.66. The van der Waals surface area contributed by atoms with Gasteiger partial charge < -0.3 is 14.9 Å². The number of hydrogen-bond acceptors (Lipinski definition) is 7. The molecular formula is C26H32FN3O5. The van der Waals surface area contributed by atoms with Crippen molar-refractivity contribution in [1.82, 2.24) is 10.3 Å². The quantitative estimate of drug-likeness (QED) is 0.484. The average Bonchev–Trinajstić information content (AvgIpc) is 3.33. The van der Waals surface area contributed by atoms with Crippen LogP contribution in [0.15, 0.2) is 41.7 Å². The second-order valence-corrected chi connectivity index (χ2v) is 8.99. The summed E-state index contributed by atoms with van der Waals surface area (Å²) in [4.78, 5) is 48.2. The zero-order valence-corrected chi connectivity index (χ0v) is 20.5. The molecule has 0 saturated carbocycles. The molecule has 2 atom stereocenters. The lowest BCUT2D eigenvalue weighted by molar-refractivity contribution is -0.155. The number of nitrogens with zero attached hydrogens (tertiary/aromatic N) is 2. The number of aromatic nitrogens is 1. The normalized spacial score (nSPS) is 18.3. The van der Waals surface area contributed by atoms with E-state index >= 15 is 0 Å². The Labute approximate surface area is 204 Å². The standard InChI is InChI=1S/C26H32FN3O5/c1-5-18(6-2)34-23(32)13-20(22(31)15-27)29-25(33)26(16(3)4)14-21(30-35-26)24-19-10-8-7-9-17(19)11-12-28-24/h7-12,16,18,20H,5-6,13-15H2,1-4H3,(H,29,33)/t20-,26+/m0/s1. The van der Waals surface area contributed by atoms with Gasteiger partial charge in [-0.15, -0.1) is 0 Å². The number of amides is 1. The van der Waals surface area contributed by atoms with Crippen LogP contribution in [0, 0.1) is 5.92 Å². The summed E-state index contributed by atoms with van der Waals surface area (Å²) in [7, 11) is 0. The lowest BCUT2D eigenvalue weighted by atomic mass is 9.83. The van der Waals surface area contributed by atoms with Crippen LogP contribution in [0.25, 0.3) is 10.8 Å². The molecule has 1 N–H and O–H groups in total. The number of halogens is 1. The van der Waals surface area contributed by atoms with Crippen LogP contribution in [0.1, 0.15) is 59.1 Å². The van der Waals surface area contributed by atoms with E-state index in [0.717, 1.165) is 10.8 Å². The number of rotatable bonds is 11. The minimum absolute atomic E-state index is 0.103. The van der Waals surface area contributed by atoms with E-state index in [-0.39, 0.29) is 18.4 Å². The topological polar surface area (TPSA) is 107 Å². The Bertz CT molecular complexity index is 1110. The second-order valence-electron chi connectivity index (χ2n) is 8.99. The Kier molecular flexibility index (Phi) is 8.53. The van der Waals surface area contributed by atoms with Crippen LogP contribution >= 0.6 is 0 Å². The maximum Gasteiger partial charge on any atom is 0.308 e. The van der Waals surface area contributed by atoms with Gasteiger partial charge in [0.1, 0.15) is 24.5 Å². The molecule has 35 heavy (non-hydrogen) atoms. The molecule has 1 aromatic heterocycles. The molecule has 188 valence electrons. The van der Waals surface area contributed by atoms with Crippen LogP contribution in [0.3, 0.4) is 0 Å². The number of oxime groups is 1. The number of ketones is 1. The molecule has 0 bridgehead atoms. The first-order valence-electron chi connectivity index (χ1n) is 11.9. The van der Waals surface area contributed by atoms with Crippen LogP contribution in [0.2, 0.25) is 0 Å². The summed E-state index contributed by atoms with van der Waals surface area (Å²) in [6.45, 7) is 6.02. The highest BCUT2D eigenvalue weighted by atomic mass is 19.1. The number of hydrogen-bond donors (Lipinski definition) is 1. The number of ether oxygens (including phenoxy) is 1. The van der Waals surface area contributed by atoms with Crippen molar-refractivity contribution < 1.29 is 28.3 Å². The Morgan fingerprint density at radius 3 is 2.54 bits per heavy atom. The third-order valence-corrected chi connectivity index (χ3v) is 6.42. The minimum atomic E-state index is -1.44. The van der Waals surface area contributed by atoms with Crippen molar-refractivity contribution in [3.05, 3.63) is 42.2 Å². The van der Waals surface area contributed by atoms with Crippen LogP contribution < -0.4 is 5.32 Å². The van der Waals surface area contributed by atoms with Gasteiger partial charge in [0, 0.05) is 23.9 Å². The minimum Gasteiger partial charge on any atom is -0.462 e. The number of Topliss-reactive ketones (excluding diaryl/α,β-unsaturated/α-hetero) is 1. The third-order valence-electron chi connectivity index (χ3n) is 6.42. The zero-order chi connectivity index (χ0) is 25.6. The van der Waals surface area contributed by atoms with E-state index < -0.39 is 42.4 Å². The van der Waals surface area contributed by atoms with Crippen molar-refractivity contribution in [1.29, 1.82) is 0 Å². The fourth-order valence-corrected chi connectivity index (χ4v) is 4.09. The highest BCUT2D eigenvalue weighted by molar-refractivity contribution is 6.12. The van der Waals surface area contributed by atoms with E-state index in [1.165, 1.54) is 0 Å². The Morgan fingerprint density at radius 1 is 1.17 bits per heavy atom.